The number of hydrogen-bond acceptors (Lipinski definition) is 5. The van der Waals surface area contributed by atoms with Crippen molar-refractivity contribution in [2.45, 2.75) is 32.4 Å². The molecule has 7 heteroatoms. The Bertz CT molecular complexity index is 792. The molecule has 1 atom stereocenters. The van der Waals surface area contributed by atoms with Crippen molar-refractivity contribution in [3.05, 3.63) is 53.7 Å². The Morgan fingerprint density at radius 2 is 1.96 bits per heavy atom. The van der Waals surface area contributed by atoms with Gasteiger partial charge in [0.05, 0.1) is 0 Å². The molecule has 0 radical (unpaired) electrons. The maximum absolute atomic E-state index is 12.9. The summed E-state index contributed by atoms with van der Waals surface area (Å²) < 4.78 is 18.5. The summed E-state index contributed by atoms with van der Waals surface area (Å²) in [5.74, 6) is -1.40. The highest BCUT2D eigenvalue weighted by molar-refractivity contribution is 6.40. The molecule has 1 aliphatic heterocycles. The van der Waals surface area contributed by atoms with Gasteiger partial charge >= 0.3 is 0 Å². The van der Waals surface area contributed by atoms with E-state index in [1.807, 2.05) is 13.8 Å². The molecule has 0 spiro atoms. The number of carbonyl (C=O) groups excluding carboxylic acids is 2. The highest BCUT2D eigenvalue weighted by Gasteiger charge is 2.42. The van der Waals surface area contributed by atoms with Crippen LogP contribution < -0.4 is 4.74 Å². The maximum Gasteiger partial charge on any atom is 0.291 e. The van der Waals surface area contributed by atoms with Gasteiger partial charge in [-0.3, -0.25) is 9.59 Å². The van der Waals surface area contributed by atoms with Gasteiger partial charge in [-0.15, -0.1) is 0 Å². The predicted molar refractivity (Wildman–Crippen MR) is 87.4 cm³/mol. The van der Waals surface area contributed by atoms with Crippen molar-refractivity contribution < 1.29 is 18.7 Å². The molecule has 2 heterocycles. The molecule has 1 amide bonds. The van der Waals surface area contributed by atoms with Crippen LogP contribution in [0.1, 0.15) is 31.2 Å². The van der Waals surface area contributed by atoms with Crippen LogP contribution in [-0.2, 0) is 16.2 Å². The van der Waals surface area contributed by atoms with Gasteiger partial charge in [0, 0.05) is 24.8 Å². The number of amides is 1. The second-order valence-electron chi connectivity index (χ2n) is 6.14. The molecule has 1 aromatic heterocycles. The van der Waals surface area contributed by atoms with E-state index in [0.29, 0.717) is 5.88 Å². The van der Waals surface area contributed by atoms with Crippen LogP contribution in [-0.4, -0.2) is 39.1 Å². The number of rotatable bonds is 5. The van der Waals surface area contributed by atoms with E-state index in [1.165, 1.54) is 23.2 Å². The summed E-state index contributed by atoms with van der Waals surface area (Å²) in [5.41, 5.74) is 0.791. The van der Waals surface area contributed by atoms with E-state index >= 15 is 0 Å². The third-order valence-electron chi connectivity index (χ3n) is 4.05. The lowest BCUT2D eigenvalue weighted by Gasteiger charge is -2.19. The fourth-order valence-corrected chi connectivity index (χ4v) is 2.64. The number of carbonyl (C=O) groups is 2. The summed E-state index contributed by atoms with van der Waals surface area (Å²) in [5, 5.41) is 0. The molecule has 0 bridgehead atoms. The summed E-state index contributed by atoms with van der Waals surface area (Å²) in [7, 11) is 0. The Balaban J connectivity index is 1.72. The number of likely N-dealkylation sites (tertiary alicyclic amines) is 1. The smallest absolute Gasteiger partial charge is 0.291 e. The molecule has 2 aromatic rings. The van der Waals surface area contributed by atoms with Gasteiger partial charge < -0.3 is 9.64 Å². The monoisotopic (exact) mass is 343 g/mol. The van der Waals surface area contributed by atoms with Gasteiger partial charge in [0.25, 0.3) is 5.91 Å². The number of hydrogen-bond donors (Lipinski definition) is 0. The number of halogens is 1. The van der Waals surface area contributed by atoms with Gasteiger partial charge in [0.15, 0.2) is 0 Å². The average Bonchev–Trinajstić information content (AvgIpc) is 2.90. The van der Waals surface area contributed by atoms with Crippen LogP contribution >= 0.6 is 0 Å². The van der Waals surface area contributed by atoms with Gasteiger partial charge in [-0.05, 0) is 31.5 Å². The zero-order valence-corrected chi connectivity index (χ0v) is 14.0. The molecule has 3 rings (SSSR count). The quantitative estimate of drug-likeness (QED) is 0.778. The lowest BCUT2D eigenvalue weighted by molar-refractivity contribution is -0.141. The van der Waals surface area contributed by atoms with E-state index in [0.717, 1.165) is 5.56 Å². The lowest BCUT2D eigenvalue weighted by Crippen LogP contribution is -2.33. The minimum Gasteiger partial charge on any atom is -0.473 e. The predicted octanol–water partition coefficient (Wildman–Crippen LogP) is 2.10. The van der Waals surface area contributed by atoms with Crippen LogP contribution in [0.4, 0.5) is 4.39 Å². The first-order valence-electron chi connectivity index (χ1n) is 8.00. The van der Waals surface area contributed by atoms with E-state index < -0.39 is 17.6 Å². The van der Waals surface area contributed by atoms with E-state index in [2.05, 4.69) is 9.97 Å². The Hall–Kier alpha value is -2.83. The summed E-state index contributed by atoms with van der Waals surface area (Å²) in [6.45, 7) is 4.20. The third kappa shape index (κ3) is 3.65. The zero-order valence-electron chi connectivity index (χ0n) is 14.0. The maximum atomic E-state index is 12.9. The Morgan fingerprint density at radius 1 is 1.24 bits per heavy atom. The molecule has 6 nitrogen and oxygen atoms in total. The summed E-state index contributed by atoms with van der Waals surface area (Å²) in [6.07, 6.45) is 1.50. The molecular formula is C18H18FN3O3. The van der Waals surface area contributed by atoms with Gasteiger partial charge in [-0.2, -0.15) is 4.98 Å². The highest BCUT2D eigenvalue weighted by atomic mass is 19.1. The fraction of sp³-hybridized carbons (Fsp3) is 0.333. The van der Waals surface area contributed by atoms with Crippen LogP contribution in [0.2, 0.25) is 0 Å². The zero-order chi connectivity index (χ0) is 18.0. The summed E-state index contributed by atoms with van der Waals surface area (Å²) in [4.78, 5) is 34.1. The number of ketones is 1. The normalized spacial score (nSPS) is 17.4. The Morgan fingerprint density at radius 3 is 2.60 bits per heavy atom. The van der Waals surface area contributed by atoms with Crippen molar-refractivity contribution in [1.29, 1.82) is 0 Å². The van der Waals surface area contributed by atoms with Crippen LogP contribution in [0.5, 0.6) is 5.88 Å². The number of ether oxygens (including phenoxy) is 1. The molecule has 0 N–H and O–H groups in total. The number of nitrogens with zero attached hydrogens (tertiary/aromatic N) is 3. The first-order valence-corrected chi connectivity index (χ1v) is 8.00. The molecule has 0 aliphatic carbocycles. The van der Waals surface area contributed by atoms with E-state index in [9.17, 15) is 14.0 Å². The Kier molecular flexibility index (Phi) is 4.74. The van der Waals surface area contributed by atoms with Gasteiger partial charge in [-0.25, -0.2) is 9.37 Å². The lowest BCUT2D eigenvalue weighted by atomic mass is 10.1. The third-order valence-corrected chi connectivity index (χ3v) is 4.05. The van der Waals surface area contributed by atoms with E-state index in [-0.39, 0.29) is 30.8 Å². The van der Waals surface area contributed by atoms with E-state index in [1.54, 1.807) is 18.2 Å². The van der Waals surface area contributed by atoms with Crippen LogP contribution in [0.3, 0.4) is 0 Å². The van der Waals surface area contributed by atoms with Crippen molar-refractivity contribution in [3.8, 4) is 5.88 Å². The second kappa shape index (κ2) is 6.96. The van der Waals surface area contributed by atoms with Crippen molar-refractivity contribution in [2.24, 2.45) is 0 Å². The molecule has 1 fully saturated rings. The molecule has 1 aliphatic rings. The van der Waals surface area contributed by atoms with Crippen LogP contribution in [0.25, 0.3) is 0 Å². The van der Waals surface area contributed by atoms with Gasteiger partial charge in [-0.1, -0.05) is 12.1 Å². The minimum absolute atomic E-state index is 0.0561. The molecular weight excluding hydrogens is 325 g/mol. The fourth-order valence-electron chi connectivity index (χ4n) is 2.64. The number of benzene rings is 1. The molecule has 1 unspecified atom stereocenters. The first kappa shape index (κ1) is 17.0. The average molecular weight is 343 g/mol. The molecule has 1 saturated heterocycles. The van der Waals surface area contributed by atoms with Crippen molar-refractivity contribution in [2.75, 3.05) is 6.54 Å². The van der Waals surface area contributed by atoms with Gasteiger partial charge in [0.2, 0.25) is 11.7 Å². The standard InChI is InChI=1S/C18H18FN3O3/c1-11(2)22-9-14(16(23)18(22)24)17-20-8-7-15(21-17)25-10-12-3-5-13(19)6-4-12/h3-8,11,14H,9-10H2,1-2H3. The topological polar surface area (TPSA) is 72.4 Å². The first-order chi connectivity index (χ1) is 12.0. The van der Waals surface area contributed by atoms with Crippen molar-refractivity contribution in [3.63, 3.8) is 0 Å². The highest BCUT2D eigenvalue weighted by Crippen LogP contribution is 2.25. The van der Waals surface area contributed by atoms with Gasteiger partial charge in [0.1, 0.15) is 24.2 Å². The van der Waals surface area contributed by atoms with E-state index in [4.69, 9.17) is 4.74 Å². The van der Waals surface area contributed by atoms with Crippen molar-refractivity contribution in [1.82, 2.24) is 14.9 Å². The van der Waals surface area contributed by atoms with Crippen LogP contribution in [0, 0.1) is 5.82 Å². The van der Waals surface area contributed by atoms with Crippen molar-refractivity contribution >= 4 is 11.7 Å². The number of aromatic nitrogens is 2. The molecule has 25 heavy (non-hydrogen) atoms. The summed E-state index contributed by atoms with van der Waals surface area (Å²) >= 11 is 0. The second-order valence-corrected chi connectivity index (χ2v) is 6.14. The Labute approximate surface area is 144 Å². The summed E-state index contributed by atoms with van der Waals surface area (Å²) in [6, 6.07) is 7.48. The molecule has 130 valence electrons. The molecule has 1 aromatic carbocycles. The number of Topliss-reactive ketones (excluding diaryl/α,β-unsaturated/α-hetero) is 1. The SMILES string of the molecule is CC(C)N1CC(c2nccc(OCc3ccc(F)cc3)n2)C(=O)C1=O. The molecule has 0 saturated carbocycles. The minimum atomic E-state index is -0.677. The largest absolute Gasteiger partial charge is 0.473 e. The van der Waals surface area contributed by atoms with Crippen LogP contribution in [0.15, 0.2) is 36.5 Å².